The topological polar surface area (TPSA) is 50.2 Å². The van der Waals surface area contributed by atoms with E-state index in [9.17, 15) is 4.79 Å². The van der Waals surface area contributed by atoms with Gasteiger partial charge in [0.1, 0.15) is 0 Å². The molecule has 1 aliphatic carbocycles. The van der Waals surface area contributed by atoms with Crippen LogP contribution in [-0.4, -0.2) is 16.1 Å². The van der Waals surface area contributed by atoms with Crippen molar-refractivity contribution in [2.75, 3.05) is 0 Å². The van der Waals surface area contributed by atoms with Gasteiger partial charge in [0.15, 0.2) is 5.69 Å². The number of nitrogens with zero attached hydrogens (tertiary/aromatic N) is 1. The van der Waals surface area contributed by atoms with Crippen molar-refractivity contribution in [2.45, 2.75) is 25.2 Å². The van der Waals surface area contributed by atoms with Crippen LogP contribution in [0.1, 0.15) is 41.2 Å². The van der Waals surface area contributed by atoms with Crippen LogP contribution >= 0.6 is 11.6 Å². The maximum Gasteiger partial charge on any atom is 0.354 e. The Hall–Kier alpha value is -1.09. The van der Waals surface area contributed by atoms with Gasteiger partial charge >= 0.3 is 5.97 Å². The van der Waals surface area contributed by atoms with Gasteiger partial charge in [-0.25, -0.2) is 9.78 Å². The Labute approximate surface area is 86.7 Å². The molecule has 0 radical (unpaired) electrons. The van der Waals surface area contributed by atoms with E-state index in [2.05, 4.69) is 4.98 Å². The third kappa shape index (κ3) is 1.60. The summed E-state index contributed by atoms with van der Waals surface area (Å²) in [6.07, 6.45) is 4.63. The summed E-state index contributed by atoms with van der Waals surface area (Å²) in [7, 11) is 0. The zero-order valence-corrected chi connectivity index (χ0v) is 8.29. The Morgan fingerprint density at radius 1 is 1.57 bits per heavy atom. The van der Waals surface area contributed by atoms with Gasteiger partial charge in [0.05, 0.1) is 5.02 Å². The third-order valence-corrected chi connectivity index (χ3v) is 2.84. The number of carboxylic acid groups (broad SMARTS) is 1. The second kappa shape index (κ2) is 3.58. The molecule has 1 fully saturated rings. The number of halogens is 1. The molecular weight excluding hydrogens is 202 g/mol. The van der Waals surface area contributed by atoms with Crippen LogP contribution in [0.25, 0.3) is 0 Å². The molecule has 0 aliphatic heterocycles. The van der Waals surface area contributed by atoms with Crippen LogP contribution in [0.5, 0.6) is 0 Å². The largest absolute Gasteiger partial charge is 0.477 e. The first-order valence-corrected chi connectivity index (χ1v) is 4.95. The molecule has 0 spiro atoms. The lowest BCUT2D eigenvalue weighted by molar-refractivity contribution is 0.0687. The van der Waals surface area contributed by atoms with Crippen molar-refractivity contribution in [3.63, 3.8) is 0 Å². The first-order chi connectivity index (χ1) is 6.68. The third-order valence-electron chi connectivity index (χ3n) is 2.63. The predicted molar refractivity (Wildman–Crippen MR) is 52.8 cm³/mol. The maximum atomic E-state index is 10.9. The van der Waals surface area contributed by atoms with Crippen molar-refractivity contribution in [3.8, 4) is 0 Å². The molecular formula is C10H10ClNO2. The van der Waals surface area contributed by atoms with Gasteiger partial charge in [-0.2, -0.15) is 0 Å². The van der Waals surface area contributed by atoms with E-state index in [0.29, 0.717) is 10.9 Å². The predicted octanol–water partition coefficient (Wildman–Crippen LogP) is 2.70. The molecule has 1 aliphatic rings. The lowest BCUT2D eigenvalue weighted by Gasteiger charge is -2.26. The smallest absolute Gasteiger partial charge is 0.354 e. The minimum absolute atomic E-state index is 0.152. The summed E-state index contributed by atoms with van der Waals surface area (Å²) in [5.74, 6) is -0.629. The van der Waals surface area contributed by atoms with Gasteiger partial charge < -0.3 is 5.11 Å². The molecule has 1 heterocycles. The van der Waals surface area contributed by atoms with E-state index in [1.807, 2.05) is 0 Å². The summed E-state index contributed by atoms with van der Waals surface area (Å²) >= 11 is 5.79. The van der Waals surface area contributed by atoms with Gasteiger partial charge in [0, 0.05) is 6.20 Å². The van der Waals surface area contributed by atoms with E-state index in [0.717, 1.165) is 24.8 Å². The average Bonchev–Trinajstić information content (AvgIpc) is 2.00. The molecule has 2 rings (SSSR count). The summed E-state index contributed by atoms with van der Waals surface area (Å²) in [6.45, 7) is 0. The second-order valence-electron chi connectivity index (χ2n) is 3.52. The Kier molecular flexibility index (Phi) is 2.42. The van der Waals surface area contributed by atoms with Crippen LogP contribution in [0.3, 0.4) is 0 Å². The van der Waals surface area contributed by atoms with Crippen molar-refractivity contribution < 1.29 is 9.90 Å². The highest BCUT2D eigenvalue weighted by Crippen LogP contribution is 2.38. The number of hydrogen-bond donors (Lipinski definition) is 1. The molecule has 1 saturated carbocycles. The molecule has 1 aromatic rings. The number of rotatable bonds is 2. The molecule has 14 heavy (non-hydrogen) atoms. The minimum Gasteiger partial charge on any atom is -0.477 e. The van der Waals surface area contributed by atoms with E-state index in [1.165, 1.54) is 6.20 Å². The van der Waals surface area contributed by atoms with Crippen molar-refractivity contribution in [3.05, 3.63) is 28.5 Å². The van der Waals surface area contributed by atoms with E-state index in [-0.39, 0.29) is 5.69 Å². The highest BCUT2D eigenvalue weighted by molar-refractivity contribution is 6.30. The van der Waals surface area contributed by atoms with E-state index in [1.54, 1.807) is 6.07 Å². The molecule has 0 atom stereocenters. The summed E-state index contributed by atoms with van der Waals surface area (Å²) < 4.78 is 0. The van der Waals surface area contributed by atoms with E-state index in [4.69, 9.17) is 16.7 Å². The fourth-order valence-electron chi connectivity index (χ4n) is 1.66. The van der Waals surface area contributed by atoms with Crippen molar-refractivity contribution in [1.29, 1.82) is 0 Å². The first-order valence-electron chi connectivity index (χ1n) is 4.57. The number of carboxylic acids is 1. The molecule has 0 bridgehead atoms. The number of hydrogen-bond acceptors (Lipinski definition) is 2. The Morgan fingerprint density at radius 2 is 2.29 bits per heavy atom. The molecule has 1 aromatic heterocycles. The van der Waals surface area contributed by atoms with Gasteiger partial charge in [0.25, 0.3) is 0 Å². The first kappa shape index (κ1) is 9.46. The fraction of sp³-hybridized carbons (Fsp3) is 0.400. The van der Waals surface area contributed by atoms with Crippen LogP contribution in [0, 0.1) is 0 Å². The Morgan fingerprint density at radius 3 is 2.79 bits per heavy atom. The molecule has 0 unspecified atom stereocenters. The van der Waals surface area contributed by atoms with E-state index < -0.39 is 5.97 Å². The minimum atomic E-state index is -0.969. The van der Waals surface area contributed by atoms with Crippen LogP contribution in [0.4, 0.5) is 0 Å². The monoisotopic (exact) mass is 211 g/mol. The molecule has 0 aromatic carbocycles. The molecule has 3 nitrogen and oxygen atoms in total. The molecule has 0 saturated heterocycles. The zero-order valence-electron chi connectivity index (χ0n) is 7.53. The number of pyridine rings is 1. The highest BCUT2D eigenvalue weighted by atomic mass is 35.5. The number of aromatic carboxylic acids is 1. The number of aromatic nitrogens is 1. The molecule has 74 valence electrons. The molecule has 0 amide bonds. The lowest BCUT2D eigenvalue weighted by Crippen LogP contribution is -2.15. The highest BCUT2D eigenvalue weighted by Gasteiger charge is 2.25. The summed E-state index contributed by atoms with van der Waals surface area (Å²) in [4.78, 5) is 14.7. The van der Waals surface area contributed by atoms with Gasteiger partial charge in [-0.15, -0.1) is 0 Å². The second-order valence-corrected chi connectivity index (χ2v) is 3.96. The summed E-state index contributed by atoms with van der Waals surface area (Å²) in [6, 6.07) is 1.72. The summed E-state index contributed by atoms with van der Waals surface area (Å²) in [5, 5.41) is 9.43. The average molecular weight is 212 g/mol. The van der Waals surface area contributed by atoms with Gasteiger partial charge in [0.2, 0.25) is 0 Å². The van der Waals surface area contributed by atoms with Crippen LogP contribution < -0.4 is 0 Å². The quantitative estimate of drug-likeness (QED) is 0.818. The Bertz CT molecular complexity index is 374. The zero-order chi connectivity index (χ0) is 10.1. The lowest BCUT2D eigenvalue weighted by atomic mass is 9.79. The van der Waals surface area contributed by atoms with E-state index >= 15 is 0 Å². The van der Waals surface area contributed by atoms with Gasteiger partial charge in [-0.3, -0.25) is 0 Å². The van der Waals surface area contributed by atoms with Crippen molar-refractivity contribution in [1.82, 2.24) is 4.98 Å². The normalized spacial score (nSPS) is 16.4. The van der Waals surface area contributed by atoms with Crippen LogP contribution in [0.15, 0.2) is 12.3 Å². The number of carbonyl (C=O) groups is 1. The summed E-state index contributed by atoms with van der Waals surface area (Å²) in [5.41, 5.74) is 0.940. The standard InChI is InChI=1S/C10H10ClNO2/c11-7-4-8(6-2-1-3-6)9(10(13)14)12-5-7/h4-6H,1-3H2,(H,13,14). The van der Waals surface area contributed by atoms with Gasteiger partial charge in [-0.1, -0.05) is 18.0 Å². The van der Waals surface area contributed by atoms with Gasteiger partial charge in [-0.05, 0) is 30.4 Å². The Balaban J connectivity index is 2.42. The maximum absolute atomic E-state index is 10.9. The van der Waals surface area contributed by atoms with Crippen LogP contribution in [-0.2, 0) is 0 Å². The SMILES string of the molecule is O=C(O)c1ncc(Cl)cc1C1CCC1. The van der Waals surface area contributed by atoms with Crippen molar-refractivity contribution in [2.24, 2.45) is 0 Å². The molecule has 1 N–H and O–H groups in total. The van der Waals surface area contributed by atoms with Crippen molar-refractivity contribution >= 4 is 17.6 Å². The fourth-order valence-corrected chi connectivity index (χ4v) is 1.83. The van der Waals surface area contributed by atoms with Crippen LogP contribution in [0.2, 0.25) is 5.02 Å². The molecule has 4 heteroatoms.